The van der Waals surface area contributed by atoms with Gasteiger partial charge in [0.1, 0.15) is 12.4 Å². The third kappa shape index (κ3) is 2.60. The van der Waals surface area contributed by atoms with Gasteiger partial charge in [0, 0.05) is 0 Å². The summed E-state index contributed by atoms with van der Waals surface area (Å²) in [6.07, 6.45) is 0.943. The number of fused-ring (bicyclic) bond motifs is 1. The zero-order chi connectivity index (χ0) is 12.4. The number of carbonyl (C=O) groups excluding carboxylic acids is 1. The van der Waals surface area contributed by atoms with Gasteiger partial charge in [-0.3, -0.25) is 4.79 Å². The van der Waals surface area contributed by atoms with Crippen LogP contribution >= 0.6 is 0 Å². The van der Waals surface area contributed by atoms with Crippen molar-refractivity contribution in [2.24, 2.45) is 5.92 Å². The van der Waals surface area contributed by atoms with E-state index in [1.54, 1.807) is 0 Å². The maximum Gasteiger partial charge on any atom is 0.255 e. The van der Waals surface area contributed by atoms with Crippen LogP contribution in [0.5, 0.6) is 5.75 Å². The number of nitrogens with one attached hydrogen (secondary N) is 1. The highest BCUT2D eigenvalue weighted by atomic mass is 16.5. The average Bonchev–Trinajstić information content (AvgIpc) is 2.38. The van der Waals surface area contributed by atoms with Gasteiger partial charge in [0.25, 0.3) is 5.91 Å². The summed E-state index contributed by atoms with van der Waals surface area (Å²) in [5.74, 6) is 1.24. The van der Waals surface area contributed by atoms with E-state index in [1.807, 2.05) is 25.1 Å². The predicted octanol–water partition coefficient (Wildman–Crippen LogP) is 2.53. The van der Waals surface area contributed by atoms with E-state index < -0.39 is 0 Å². The Morgan fingerprint density at radius 3 is 2.94 bits per heavy atom. The van der Waals surface area contributed by atoms with E-state index in [0.29, 0.717) is 23.8 Å². The topological polar surface area (TPSA) is 38.3 Å². The minimum Gasteiger partial charge on any atom is -0.491 e. The van der Waals surface area contributed by atoms with Gasteiger partial charge in [-0.25, -0.2) is 0 Å². The van der Waals surface area contributed by atoms with E-state index >= 15 is 0 Å². The number of hydrogen-bond donors (Lipinski definition) is 1. The lowest BCUT2D eigenvalue weighted by Crippen LogP contribution is -2.37. The molecule has 92 valence electrons. The molecular weight excluding hydrogens is 214 g/mol. The molecule has 1 N–H and O–H groups in total. The van der Waals surface area contributed by atoms with Crippen LogP contribution in [0, 0.1) is 12.8 Å². The number of carbonyl (C=O) groups is 1. The standard InChI is InChI=1S/C14H19NO2/c1-9(2)7-11-8-17-12-6-4-5-10(3)13(12)14(16)15-11/h4-6,9,11H,7-8H2,1-3H3,(H,15,16)/t11-/m1/s1. The molecule has 1 amide bonds. The smallest absolute Gasteiger partial charge is 0.255 e. The lowest BCUT2D eigenvalue weighted by Gasteiger charge is -2.17. The van der Waals surface area contributed by atoms with Gasteiger partial charge < -0.3 is 10.1 Å². The third-order valence-corrected chi connectivity index (χ3v) is 2.99. The number of rotatable bonds is 2. The van der Waals surface area contributed by atoms with Crippen LogP contribution in [0.2, 0.25) is 0 Å². The monoisotopic (exact) mass is 233 g/mol. The second kappa shape index (κ2) is 4.78. The fourth-order valence-electron chi connectivity index (χ4n) is 2.24. The van der Waals surface area contributed by atoms with Crippen molar-refractivity contribution in [3.63, 3.8) is 0 Å². The molecule has 0 radical (unpaired) electrons. The van der Waals surface area contributed by atoms with Crippen molar-refractivity contribution in [3.05, 3.63) is 29.3 Å². The molecule has 1 aromatic rings. The quantitative estimate of drug-likeness (QED) is 0.852. The van der Waals surface area contributed by atoms with Crippen LogP contribution in [0.3, 0.4) is 0 Å². The normalized spacial score (nSPS) is 19.3. The van der Waals surface area contributed by atoms with Crippen LogP contribution in [0.1, 0.15) is 36.2 Å². The van der Waals surface area contributed by atoms with Crippen LogP contribution in [0.25, 0.3) is 0 Å². The molecule has 0 aromatic heterocycles. The van der Waals surface area contributed by atoms with E-state index in [2.05, 4.69) is 19.2 Å². The Hall–Kier alpha value is -1.51. The summed E-state index contributed by atoms with van der Waals surface area (Å²) < 4.78 is 5.73. The first-order chi connectivity index (χ1) is 8.08. The van der Waals surface area contributed by atoms with Gasteiger partial charge in [0.2, 0.25) is 0 Å². The third-order valence-electron chi connectivity index (χ3n) is 2.99. The summed E-state index contributed by atoms with van der Waals surface area (Å²) in [7, 11) is 0. The Morgan fingerprint density at radius 1 is 1.47 bits per heavy atom. The summed E-state index contributed by atoms with van der Waals surface area (Å²) in [6.45, 7) is 6.79. The lowest BCUT2D eigenvalue weighted by atomic mass is 10.0. The predicted molar refractivity (Wildman–Crippen MR) is 67.4 cm³/mol. The van der Waals surface area contributed by atoms with Crippen LogP contribution in [0.4, 0.5) is 0 Å². The Balaban J connectivity index is 2.24. The molecule has 1 aliphatic rings. The molecule has 0 unspecified atom stereocenters. The molecule has 0 spiro atoms. The van der Waals surface area contributed by atoms with Crippen LogP contribution < -0.4 is 10.1 Å². The van der Waals surface area contributed by atoms with Crippen molar-refractivity contribution in [1.29, 1.82) is 0 Å². The van der Waals surface area contributed by atoms with Gasteiger partial charge >= 0.3 is 0 Å². The molecular formula is C14H19NO2. The zero-order valence-electron chi connectivity index (χ0n) is 10.6. The SMILES string of the molecule is Cc1cccc2c1C(=O)N[C@H](CC(C)C)CO2. The molecule has 1 aliphatic heterocycles. The highest BCUT2D eigenvalue weighted by molar-refractivity contribution is 5.98. The zero-order valence-corrected chi connectivity index (χ0v) is 10.6. The van der Waals surface area contributed by atoms with Crippen molar-refractivity contribution in [3.8, 4) is 5.75 Å². The summed E-state index contributed by atoms with van der Waals surface area (Å²) in [5, 5.41) is 3.04. The molecule has 0 saturated heterocycles. The maximum atomic E-state index is 12.1. The second-order valence-corrected chi connectivity index (χ2v) is 5.06. The molecule has 0 bridgehead atoms. The average molecular weight is 233 g/mol. The fourth-order valence-corrected chi connectivity index (χ4v) is 2.24. The summed E-state index contributed by atoms with van der Waals surface area (Å²) in [4.78, 5) is 12.1. The van der Waals surface area contributed by atoms with Crippen molar-refractivity contribution < 1.29 is 9.53 Å². The minimum atomic E-state index is -0.0127. The Labute approximate surface area is 102 Å². The minimum absolute atomic E-state index is 0.0127. The van der Waals surface area contributed by atoms with Crippen molar-refractivity contribution in [1.82, 2.24) is 5.32 Å². The molecule has 3 nitrogen and oxygen atoms in total. The number of benzene rings is 1. The molecule has 0 fully saturated rings. The number of ether oxygens (including phenoxy) is 1. The van der Waals surface area contributed by atoms with E-state index in [1.165, 1.54) is 0 Å². The molecule has 2 rings (SSSR count). The van der Waals surface area contributed by atoms with Gasteiger partial charge in [-0.05, 0) is 30.9 Å². The van der Waals surface area contributed by atoms with E-state index in [4.69, 9.17) is 4.74 Å². The highest BCUT2D eigenvalue weighted by Crippen LogP contribution is 2.25. The summed E-state index contributed by atoms with van der Waals surface area (Å²) in [6, 6.07) is 5.82. The molecule has 0 saturated carbocycles. The first kappa shape index (κ1) is 12.0. The van der Waals surface area contributed by atoms with Crippen molar-refractivity contribution in [2.75, 3.05) is 6.61 Å². The molecule has 1 heterocycles. The number of amides is 1. The van der Waals surface area contributed by atoms with Gasteiger partial charge in [-0.1, -0.05) is 26.0 Å². The maximum absolute atomic E-state index is 12.1. The van der Waals surface area contributed by atoms with Gasteiger partial charge in [-0.2, -0.15) is 0 Å². The first-order valence-corrected chi connectivity index (χ1v) is 6.11. The van der Waals surface area contributed by atoms with Crippen molar-refractivity contribution in [2.45, 2.75) is 33.2 Å². The van der Waals surface area contributed by atoms with Crippen LogP contribution in [-0.2, 0) is 0 Å². The van der Waals surface area contributed by atoms with Crippen LogP contribution in [-0.4, -0.2) is 18.6 Å². The Kier molecular flexibility index (Phi) is 3.36. The number of aryl methyl sites for hydroxylation is 1. The summed E-state index contributed by atoms with van der Waals surface area (Å²) in [5.41, 5.74) is 1.64. The van der Waals surface area contributed by atoms with Gasteiger partial charge in [0.05, 0.1) is 11.6 Å². The molecule has 0 aliphatic carbocycles. The van der Waals surface area contributed by atoms with Gasteiger partial charge in [-0.15, -0.1) is 0 Å². The largest absolute Gasteiger partial charge is 0.491 e. The van der Waals surface area contributed by atoms with Crippen molar-refractivity contribution >= 4 is 5.91 Å². The second-order valence-electron chi connectivity index (χ2n) is 5.06. The van der Waals surface area contributed by atoms with Gasteiger partial charge in [0.15, 0.2) is 0 Å². The van der Waals surface area contributed by atoms with Crippen LogP contribution in [0.15, 0.2) is 18.2 Å². The molecule has 3 heteroatoms. The van der Waals surface area contributed by atoms with E-state index in [0.717, 1.165) is 12.0 Å². The summed E-state index contributed by atoms with van der Waals surface area (Å²) >= 11 is 0. The lowest BCUT2D eigenvalue weighted by molar-refractivity contribution is 0.0933. The molecule has 1 atom stereocenters. The first-order valence-electron chi connectivity index (χ1n) is 6.11. The molecule has 1 aromatic carbocycles. The van der Waals surface area contributed by atoms with E-state index in [-0.39, 0.29) is 11.9 Å². The van der Waals surface area contributed by atoms with E-state index in [9.17, 15) is 4.79 Å². The highest BCUT2D eigenvalue weighted by Gasteiger charge is 2.24. The Bertz CT molecular complexity index is 426. The number of hydrogen-bond acceptors (Lipinski definition) is 2. The fraction of sp³-hybridized carbons (Fsp3) is 0.500. The Morgan fingerprint density at radius 2 is 2.24 bits per heavy atom. The molecule has 17 heavy (non-hydrogen) atoms.